The van der Waals surface area contributed by atoms with Crippen molar-refractivity contribution in [2.75, 3.05) is 6.61 Å². The number of aromatic amines is 1. The number of fused-ring (bicyclic) bond motifs is 1. The minimum absolute atomic E-state index is 0.382. The van der Waals surface area contributed by atoms with Crippen molar-refractivity contribution in [1.82, 2.24) is 4.98 Å². The van der Waals surface area contributed by atoms with Crippen molar-refractivity contribution >= 4 is 22.5 Å². The lowest BCUT2D eigenvalue weighted by Gasteiger charge is -2.39. The molecular formula is C14H16ClNO6. The summed E-state index contributed by atoms with van der Waals surface area (Å²) in [6.07, 6.45) is -4.94. The second-order valence-corrected chi connectivity index (χ2v) is 5.59. The van der Waals surface area contributed by atoms with Crippen molar-refractivity contribution in [1.29, 1.82) is 0 Å². The van der Waals surface area contributed by atoms with E-state index in [1.807, 2.05) is 0 Å². The smallest absolute Gasteiger partial charge is 0.195 e. The lowest BCUT2D eigenvalue weighted by molar-refractivity contribution is -0.280. The van der Waals surface area contributed by atoms with Gasteiger partial charge in [-0.1, -0.05) is 11.6 Å². The third kappa shape index (κ3) is 2.67. The summed E-state index contributed by atoms with van der Waals surface area (Å²) in [6, 6.07) is 5.13. The maximum absolute atomic E-state index is 10.1. The van der Waals surface area contributed by atoms with Crippen LogP contribution in [0.25, 0.3) is 10.9 Å². The molecule has 120 valence electrons. The molecule has 1 aromatic carbocycles. The summed E-state index contributed by atoms with van der Waals surface area (Å²) in [6.45, 7) is -0.520. The Bertz CT molecular complexity index is 662. The molecule has 22 heavy (non-hydrogen) atoms. The first-order valence-electron chi connectivity index (χ1n) is 6.75. The van der Waals surface area contributed by atoms with Crippen LogP contribution in [-0.2, 0) is 4.74 Å². The van der Waals surface area contributed by atoms with E-state index in [4.69, 9.17) is 26.2 Å². The molecule has 1 saturated heterocycles. The average Bonchev–Trinajstić information content (AvgIpc) is 2.89. The van der Waals surface area contributed by atoms with Crippen LogP contribution in [-0.4, -0.2) is 62.7 Å². The maximum Gasteiger partial charge on any atom is 0.195 e. The van der Waals surface area contributed by atoms with Gasteiger partial charge in [0.25, 0.3) is 0 Å². The summed E-state index contributed by atoms with van der Waals surface area (Å²) in [5.41, 5.74) is 0.733. The molecule has 0 aliphatic carbocycles. The number of hydrogen-bond acceptors (Lipinski definition) is 6. The van der Waals surface area contributed by atoms with E-state index in [0.717, 1.165) is 5.52 Å². The van der Waals surface area contributed by atoms with Gasteiger partial charge >= 0.3 is 0 Å². The van der Waals surface area contributed by atoms with E-state index in [9.17, 15) is 15.3 Å². The number of halogens is 1. The van der Waals surface area contributed by atoms with Gasteiger partial charge < -0.3 is 34.9 Å². The normalized spacial score (nSPS) is 32.3. The topological polar surface area (TPSA) is 115 Å². The quantitative estimate of drug-likeness (QED) is 0.541. The Morgan fingerprint density at radius 2 is 2.00 bits per heavy atom. The van der Waals surface area contributed by atoms with Crippen molar-refractivity contribution in [2.45, 2.75) is 30.7 Å². The van der Waals surface area contributed by atoms with Crippen molar-refractivity contribution in [3.05, 3.63) is 29.4 Å². The van der Waals surface area contributed by atoms with Gasteiger partial charge in [-0.3, -0.25) is 0 Å². The molecule has 3 rings (SSSR count). The molecule has 1 aliphatic rings. The Kier molecular flexibility index (Phi) is 4.26. The zero-order chi connectivity index (χ0) is 15.9. The number of ether oxygens (including phenoxy) is 2. The molecule has 1 aliphatic heterocycles. The fourth-order valence-corrected chi connectivity index (χ4v) is 2.69. The number of hydrogen-bond donors (Lipinski definition) is 5. The predicted molar refractivity (Wildman–Crippen MR) is 77.7 cm³/mol. The van der Waals surface area contributed by atoms with Crippen molar-refractivity contribution in [3.8, 4) is 5.75 Å². The predicted octanol–water partition coefficient (Wildman–Crippen LogP) is -0.000000000000000500. The van der Waals surface area contributed by atoms with Crippen LogP contribution in [0.1, 0.15) is 0 Å². The van der Waals surface area contributed by atoms with Gasteiger partial charge in [-0.05, 0) is 18.2 Å². The molecule has 2 aromatic rings. The van der Waals surface area contributed by atoms with Gasteiger partial charge in [0.15, 0.2) is 12.4 Å². The maximum atomic E-state index is 10.1. The third-order valence-electron chi connectivity index (χ3n) is 3.71. The Labute approximate surface area is 130 Å². The van der Waals surface area contributed by atoms with Crippen molar-refractivity contribution < 1.29 is 29.9 Å². The molecule has 5 N–H and O–H groups in total. The lowest BCUT2D eigenvalue weighted by Crippen LogP contribution is -2.60. The van der Waals surface area contributed by atoms with Gasteiger partial charge in [0, 0.05) is 16.6 Å². The zero-order valence-electron chi connectivity index (χ0n) is 11.4. The van der Waals surface area contributed by atoms with Crippen LogP contribution >= 0.6 is 11.6 Å². The molecule has 0 amide bonds. The van der Waals surface area contributed by atoms with Crippen LogP contribution in [0.2, 0.25) is 5.02 Å². The monoisotopic (exact) mass is 329 g/mol. The SMILES string of the molecule is OC[C@H]1O[C@H](O)[C@H](Oc2c[nH]c3cc(Cl)ccc23)[C@@H](O)[C@@H]1O. The molecule has 0 spiro atoms. The van der Waals surface area contributed by atoms with E-state index in [1.54, 1.807) is 24.4 Å². The molecule has 1 aromatic heterocycles. The number of H-pyrrole nitrogens is 1. The van der Waals surface area contributed by atoms with Gasteiger partial charge in [-0.25, -0.2) is 0 Å². The summed E-state index contributed by atoms with van der Waals surface area (Å²) in [5, 5.41) is 40.1. The molecule has 5 atom stereocenters. The second-order valence-electron chi connectivity index (χ2n) is 5.15. The third-order valence-corrected chi connectivity index (χ3v) is 3.95. The summed E-state index contributed by atoms with van der Waals surface area (Å²) < 4.78 is 10.6. The first kappa shape index (κ1) is 15.5. The highest BCUT2D eigenvalue weighted by atomic mass is 35.5. The van der Waals surface area contributed by atoms with E-state index >= 15 is 0 Å². The Balaban J connectivity index is 1.84. The van der Waals surface area contributed by atoms with E-state index in [1.165, 1.54) is 0 Å². The molecule has 0 bridgehead atoms. The highest BCUT2D eigenvalue weighted by molar-refractivity contribution is 6.31. The Hall–Kier alpha value is -1.35. The summed E-state index contributed by atoms with van der Waals surface area (Å²) in [7, 11) is 0. The number of aromatic nitrogens is 1. The van der Waals surface area contributed by atoms with E-state index in [0.29, 0.717) is 16.2 Å². The molecule has 7 nitrogen and oxygen atoms in total. The van der Waals surface area contributed by atoms with Gasteiger partial charge in [0.05, 0.1) is 12.1 Å². The summed E-state index contributed by atoms with van der Waals surface area (Å²) >= 11 is 5.90. The number of aliphatic hydroxyl groups excluding tert-OH is 4. The number of rotatable bonds is 3. The van der Waals surface area contributed by atoms with Gasteiger partial charge in [0.1, 0.15) is 24.1 Å². The molecule has 0 unspecified atom stereocenters. The minimum Gasteiger partial charge on any atom is -0.480 e. The van der Waals surface area contributed by atoms with Crippen LogP contribution < -0.4 is 4.74 Å². The van der Waals surface area contributed by atoms with Crippen LogP contribution in [0.5, 0.6) is 5.75 Å². The minimum atomic E-state index is -1.48. The fraction of sp³-hybridized carbons (Fsp3) is 0.429. The lowest BCUT2D eigenvalue weighted by atomic mass is 9.99. The van der Waals surface area contributed by atoms with Gasteiger partial charge in [-0.15, -0.1) is 0 Å². The Morgan fingerprint density at radius 3 is 2.73 bits per heavy atom. The molecule has 0 saturated carbocycles. The average molecular weight is 330 g/mol. The van der Waals surface area contributed by atoms with E-state index in [-0.39, 0.29) is 0 Å². The number of nitrogens with one attached hydrogen (secondary N) is 1. The summed E-state index contributed by atoms with van der Waals surface area (Å²) in [4.78, 5) is 2.96. The molecule has 8 heteroatoms. The number of benzene rings is 1. The van der Waals surface area contributed by atoms with Crippen LogP contribution in [0.3, 0.4) is 0 Å². The second kappa shape index (κ2) is 6.04. The van der Waals surface area contributed by atoms with Crippen LogP contribution in [0, 0.1) is 0 Å². The standard InChI is InChI=1S/C14H16ClNO6/c15-6-1-2-7-8(3-6)16-4-9(7)21-13-12(19)11(18)10(5-17)22-14(13)20/h1-4,10-14,16-20H,5H2/t10-,11-,12+,13-,14+/m1/s1. The van der Waals surface area contributed by atoms with Crippen LogP contribution in [0.15, 0.2) is 24.4 Å². The first-order valence-corrected chi connectivity index (χ1v) is 7.13. The number of aliphatic hydroxyl groups is 4. The molecular weight excluding hydrogens is 314 g/mol. The van der Waals surface area contributed by atoms with Crippen LogP contribution in [0.4, 0.5) is 0 Å². The highest BCUT2D eigenvalue weighted by Gasteiger charge is 2.45. The summed E-state index contributed by atoms with van der Waals surface area (Å²) in [5.74, 6) is 0.382. The van der Waals surface area contributed by atoms with Crippen molar-refractivity contribution in [2.24, 2.45) is 0 Å². The van der Waals surface area contributed by atoms with Gasteiger partial charge in [-0.2, -0.15) is 0 Å². The molecule has 2 heterocycles. The fourth-order valence-electron chi connectivity index (χ4n) is 2.51. The van der Waals surface area contributed by atoms with Crippen molar-refractivity contribution in [3.63, 3.8) is 0 Å². The van der Waals surface area contributed by atoms with E-state index in [2.05, 4.69) is 4.98 Å². The first-order chi connectivity index (χ1) is 10.5. The molecule has 1 fully saturated rings. The largest absolute Gasteiger partial charge is 0.480 e. The highest BCUT2D eigenvalue weighted by Crippen LogP contribution is 2.31. The Morgan fingerprint density at radius 1 is 1.23 bits per heavy atom. The zero-order valence-corrected chi connectivity index (χ0v) is 12.1. The van der Waals surface area contributed by atoms with Gasteiger partial charge in [0.2, 0.25) is 0 Å². The molecule has 0 radical (unpaired) electrons. The van der Waals surface area contributed by atoms with E-state index < -0.39 is 37.3 Å².